The Morgan fingerprint density at radius 3 is 1.10 bits per heavy atom. The quantitative estimate of drug-likeness (QED) is 0.275. The fourth-order valence-corrected chi connectivity index (χ4v) is 2.60. The lowest BCUT2D eigenvalue weighted by Gasteiger charge is -2.23. The smallest absolute Gasteiger partial charge is 0.0780 e. The molecular formula is C18H44BrN2+. The van der Waals surface area contributed by atoms with E-state index < -0.39 is 0 Å². The van der Waals surface area contributed by atoms with Gasteiger partial charge in [-0.1, -0.05) is 77.6 Å². The van der Waals surface area contributed by atoms with Crippen LogP contribution in [-0.4, -0.2) is 32.2 Å². The summed E-state index contributed by atoms with van der Waals surface area (Å²) in [5.41, 5.74) is 0. The van der Waals surface area contributed by atoms with Gasteiger partial charge in [0.15, 0.2) is 0 Å². The first kappa shape index (κ1) is 26.3. The summed E-state index contributed by atoms with van der Waals surface area (Å²) in [5.74, 6) is 0. The Morgan fingerprint density at radius 1 is 0.524 bits per heavy atom. The molecule has 0 saturated carbocycles. The summed E-state index contributed by atoms with van der Waals surface area (Å²) in [6, 6.07) is 0. The molecule has 3 heteroatoms. The van der Waals surface area contributed by atoms with Crippen LogP contribution in [-0.2, 0) is 0 Å². The normalized spacial score (nSPS) is 10.9. The van der Waals surface area contributed by atoms with Crippen LogP contribution in [0.15, 0.2) is 0 Å². The Balaban J connectivity index is -0.00000162. The van der Waals surface area contributed by atoms with E-state index in [2.05, 4.69) is 28.1 Å². The van der Waals surface area contributed by atoms with Gasteiger partial charge in [0.1, 0.15) is 0 Å². The van der Waals surface area contributed by atoms with Crippen LogP contribution >= 0.6 is 17.0 Å². The summed E-state index contributed by atoms with van der Waals surface area (Å²) in [7, 11) is 6.88. The molecule has 0 aliphatic carbocycles. The average Bonchev–Trinajstić information content (AvgIpc) is 2.34. The lowest BCUT2D eigenvalue weighted by molar-refractivity contribution is -0.870. The van der Waals surface area contributed by atoms with Crippen LogP contribution in [0.25, 0.3) is 0 Å². The van der Waals surface area contributed by atoms with Gasteiger partial charge < -0.3 is 10.6 Å². The minimum Gasteiger partial charge on any atom is -0.344 e. The van der Waals surface area contributed by atoms with E-state index in [1.807, 2.05) is 0 Å². The van der Waals surface area contributed by atoms with E-state index in [0.29, 0.717) is 0 Å². The van der Waals surface area contributed by atoms with Crippen molar-refractivity contribution < 1.29 is 4.48 Å². The fraction of sp³-hybridized carbons (Fsp3) is 1.00. The van der Waals surface area contributed by atoms with Gasteiger partial charge in [-0.15, -0.1) is 17.0 Å². The predicted octanol–water partition coefficient (Wildman–Crippen LogP) is 6.52. The number of hydrogen-bond donors (Lipinski definition) is 1. The number of nitrogens with zero attached hydrogens (tertiary/aromatic N) is 1. The van der Waals surface area contributed by atoms with E-state index in [0.717, 1.165) is 4.48 Å². The van der Waals surface area contributed by atoms with Crippen molar-refractivity contribution in [1.82, 2.24) is 6.15 Å². The molecule has 0 atom stereocenters. The highest BCUT2D eigenvalue weighted by Crippen LogP contribution is 2.12. The Hall–Kier alpha value is 0.400. The first-order valence-electron chi connectivity index (χ1n) is 8.86. The molecule has 0 saturated heterocycles. The minimum absolute atomic E-state index is 0. The molecule has 0 spiro atoms. The van der Waals surface area contributed by atoms with E-state index in [1.54, 1.807) is 0 Å². The highest BCUT2D eigenvalue weighted by Gasteiger charge is 2.04. The van der Waals surface area contributed by atoms with Gasteiger partial charge in [-0.3, -0.25) is 0 Å². The standard InChI is InChI=1S/C18H40N.BrH.H3N/c1-5-6-7-8-9-10-11-12-13-14-15-16-17-18-19(2,3)4;;/h5-18H2,1-4H3;1H;1H3/q+1;;. The number of hydrogen-bond acceptors (Lipinski definition) is 1. The Labute approximate surface area is 146 Å². The Morgan fingerprint density at radius 2 is 0.810 bits per heavy atom. The topological polar surface area (TPSA) is 35.0 Å². The van der Waals surface area contributed by atoms with Gasteiger partial charge in [0, 0.05) is 0 Å². The van der Waals surface area contributed by atoms with Gasteiger partial charge in [-0.05, 0) is 12.8 Å². The van der Waals surface area contributed by atoms with Crippen molar-refractivity contribution in [3.63, 3.8) is 0 Å². The van der Waals surface area contributed by atoms with Gasteiger partial charge in [-0.2, -0.15) is 0 Å². The van der Waals surface area contributed by atoms with Gasteiger partial charge in [0.2, 0.25) is 0 Å². The average molecular weight is 368 g/mol. The molecule has 0 rings (SSSR count). The summed E-state index contributed by atoms with van der Waals surface area (Å²) in [6.45, 7) is 3.62. The van der Waals surface area contributed by atoms with Crippen molar-refractivity contribution in [2.75, 3.05) is 27.7 Å². The molecule has 0 aromatic carbocycles. The monoisotopic (exact) mass is 367 g/mol. The zero-order valence-corrected chi connectivity index (χ0v) is 17.2. The molecule has 132 valence electrons. The van der Waals surface area contributed by atoms with E-state index in [9.17, 15) is 0 Å². The largest absolute Gasteiger partial charge is 0.344 e. The zero-order valence-electron chi connectivity index (χ0n) is 15.5. The second kappa shape index (κ2) is 18.4. The molecule has 0 aliphatic rings. The molecular weight excluding hydrogens is 324 g/mol. The van der Waals surface area contributed by atoms with E-state index in [-0.39, 0.29) is 23.1 Å². The SMILES string of the molecule is Br.CCCCCCCCCCCCCCC[N+](C)(C)C.N. The molecule has 0 aromatic rings. The minimum atomic E-state index is 0. The van der Waals surface area contributed by atoms with Gasteiger partial charge in [-0.25, -0.2) is 0 Å². The van der Waals surface area contributed by atoms with Crippen molar-refractivity contribution in [2.45, 2.75) is 90.4 Å². The number of quaternary nitrogens is 1. The molecule has 2 nitrogen and oxygen atoms in total. The predicted molar refractivity (Wildman–Crippen MR) is 104 cm³/mol. The molecule has 0 radical (unpaired) electrons. The lowest BCUT2D eigenvalue weighted by Crippen LogP contribution is -2.35. The number of rotatable bonds is 14. The molecule has 0 aromatic heterocycles. The number of unbranched alkanes of at least 4 members (excludes halogenated alkanes) is 12. The summed E-state index contributed by atoms with van der Waals surface area (Å²) in [6.07, 6.45) is 18.9. The third-order valence-electron chi connectivity index (χ3n) is 3.93. The maximum absolute atomic E-state index is 2.29. The van der Waals surface area contributed by atoms with Crippen molar-refractivity contribution in [3.8, 4) is 0 Å². The van der Waals surface area contributed by atoms with Crippen LogP contribution in [0.3, 0.4) is 0 Å². The molecule has 0 heterocycles. The summed E-state index contributed by atoms with van der Waals surface area (Å²) >= 11 is 0. The third kappa shape index (κ3) is 25.7. The van der Waals surface area contributed by atoms with Crippen LogP contribution < -0.4 is 6.15 Å². The second-order valence-corrected chi connectivity index (χ2v) is 7.26. The summed E-state index contributed by atoms with van der Waals surface area (Å²) in [4.78, 5) is 0. The van der Waals surface area contributed by atoms with E-state index in [1.165, 1.54) is 90.0 Å². The second-order valence-electron chi connectivity index (χ2n) is 7.26. The van der Waals surface area contributed by atoms with Gasteiger partial charge in [0.25, 0.3) is 0 Å². The van der Waals surface area contributed by atoms with Gasteiger partial charge >= 0.3 is 0 Å². The third-order valence-corrected chi connectivity index (χ3v) is 3.93. The van der Waals surface area contributed by atoms with Crippen LogP contribution in [0.2, 0.25) is 0 Å². The maximum Gasteiger partial charge on any atom is 0.0780 e. The molecule has 0 fully saturated rings. The molecule has 0 aliphatic heterocycles. The fourth-order valence-electron chi connectivity index (χ4n) is 2.60. The van der Waals surface area contributed by atoms with E-state index >= 15 is 0 Å². The molecule has 0 amide bonds. The van der Waals surface area contributed by atoms with Crippen molar-refractivity contribution in [1.29, 1.82) is 0 Å². The summed E-state index contributed by atoms with van der Waals surface area (Å²) < 4.78 is 1.12. The summed E-state index contributed by atoms with van der Waals surface area (Å²) in [5, 5.41) is 0. The maximum atomic E-state index is 2.29. The van der Waals surface area contributed by atoms with Crippen LogP contribution in [0.5, 0.6) is 0 Å². The lowest BCUT2D eigenvalue weighted by atomic mass is 10.0. The Bertz CT molecular complexity index is 179. The van der Waals surface area contributed by atoms with E-state index in [4.69, 9.17) is 0 Å². The highest BCUT2D eigenvalue weighted by molar-refractivity contribution is 8.93. The van der Waals surface area contributed by atoms with Crippen LogP contribution in [0.4, 0.5) is 0 Å². The first-order chi connectivity index (χ1) is 9.06. The van der Waals surface area contributed by atoms with Crippen molar-refractivity contribution >= 4 is 17.0 Å². The molecule has 3 N–H and O–H groups in total. The first-order valence-corrected chi connectivity index (χ1v) is 8.86. The molecule has 0 bridgehead atoms. The van der Waals surface area contributed by atoms with Crippen molar-refractivity contribution in [2.24, 2.45) is 0 Å². The molecule has 21 heavy (non-hydrogen) atoms. The Kier molecular flexibility index (Phi) is 23.1. The van der Waals surface area contributed by atoms with Crippen LogP contribution in [0.1, 0.15) is 90.4 Å². The number of halogens is 1. The van der Waals surface area contributed by atoms with Crippen LogP contribution in [0, 0.1) is 0 Å². The molecule has 0 unspecified atom stereocenters. The highest BCUT2D eigenvalue weighted by atomic mass is 79.9. The zero-order chi connectivity index (χ0) is 14.4. The van der Waals surface area contributed by atoms with Crippen molar-refractivity contribution in [3.05, 3.63) is 0 Å². The van der Waals surface area contributed by atoms with Gasteiger partial charge in [0.05, 0.1) is 27.7 Å².